The number of ether oxygens (including phenoxy) is 1. The molecule has 0 unspecified atom stereocenters. The Morgan fingerprint density at radius 2 is 1.80 bits per heavy atom. The van der Waals surface area contributed by atoms with E-state index in [0.29, 0.717) is 37.6 Å². The minimum Gasteiger partial charge on any atom is -0.494 e. The minimum absolute atomic E-state index is 0.00548. The molecule has 2 aliphatic rings. The van der Waals surface area contributed by atoms with E-state index in [1.54, 1.807) is 24.3 Å². The minimum atomic E-state index is -3.71. The van der Waals surface area contributed by atoms with Crippen LogP contribution >= 0.6 is 0 Å². The summed E-state index contributed by atoms with van der Waals surface area (Å²) in [5.74, 6) is 0.438. The third-order valence-corrected chi connectivity index (χ3v) is 8.04. The van der Waals surface area contributed by atoms with Crippen LogP contribution in [0.3, 0.4) is 0 Å². The van der Waals surface area contributed by atoms with Crippen LogP contribution in [0.15, 0.2) is 24.3 Å². The summed E-state index contributed by atoms with van der Waals surface area (Å²) < 4.78 is 35.1. The average molecular weight is 438 g/mol. The topological polar surface area (TPSA) is 79.0 Å². The molecule has 8 heteroatoms. The van der Waals surface area contributed by atoms with Gasteiger partial charge < -0.3 is 10.1 Å². The Kier molecular flexibility index (Phi) is 7.99. The quantitative estimate of drug-likeness (QED) is 0.677. The van der Waals surface area contributed by atoms with E-state index in [1.807, 2.05) is 13.8 Å². The van der Waals surface area contributed by atoms with Crippen molar-refractivity contribution in [3.05, 3.63) is 24.3 Å². The number of rotatable bonds is 8. The number of anilines is 1. The van der Waals surface area contributed by atoms with Gasteiger partial charge in [-0.25, -0.2) is 0 Å². The van der Waals surface area contributed by atoms with Gasteiger partial charge in [0.1, 0.15) is 5.75 Å². The highest BCUT2D eigenvalue weighted by Crippen LogP contribution is 2.27. The number of nitrogens with one attached hydrogen (secondary N) is 1. The van der Waals surface area contributed by atoms with Crippen molar-refractivity contribution >= 4 is 21.8 Å². The molecule has 30 heavy (non-hydrogen) atoms. The number of hydrogen-bond donors (Lipinski definition) is 1. The lowest BCUT2D eigenvalue weighted by Crippen LogP contribution is -2.51. The summed E-state index contributed by atoms with van der Waals surface area (Å²) in [7, 11) is -3.71. The normalized spacial score (nSPS) is 21.2. The highest BCUT2D eigenvalue weighted by Gasteiger charge is 2.36. The van der Waals surface area contributed by atoms with Crippen LogP contribution in [0.25, 0.3) is 0 Å². The fourth-order valence-electron chi connectivity index (χ4n) is 4.43. The van der Waals surface area contributed by atoms with Gasteiger partial charge in [0.2, 0.25) is 5.91 Å². The van der Waals surface area contributed by atoms with Crippen LogP contribution in [0.5, 0.6) is 5.75 Å². The molecule has 1 N–H and O–H groups in total. The number of amides is 1. The molecule has 0 spiro atoms. The van der Waals surface area contributed by atoms with Gasteiger partial charge in [0.25, 0.3) is 0 Å². The van der Waals surface area contributed by atoms with Gasteiger partial charge >= 0.3 is 10.2 Å². The number of carbonyl (C=O) groups excluding carboxylic acids is 1. The Labute approximate surface area is 180 Å². The van der Waals surface area contributed by atoms with Gasteiger partial charge in [-0.1, -0.05) is 19.3 Å². The van der Waals surface area contributed by atoms with Crippen LogP contribution in [-0.2, 0) is 15.0 Å². The molecule has 1 aromatic carbocycles. The molecule has 1 saturated carbocycles. The van der Waals surface area contributed by atoms with Crippen LogP contribution in [-0.4, -0.2) is 50.9 Å². The number of piperidine rings is 1. The van der Waals surface area contributed by atoms with Crippen molar-refractivity contribution in [2.24, 2.45) is 5.92 Å². The Morgan fingerprint density at radius 3 is 2.43 bits per heavy atom. The lowest BCUT2D eigenvalue weighted by atomic mass is 9.93. The highest BCUT2D eigenvalue weighted by molar-refractivity contribution is 7.90. The predicted molar refractivity (Wildman–Crippen MR) is 119 cm³/mol. The van der Waals surface area contributed by atoms with Gasteiger partial charge in [-0.15, -0.1) is 0 Å². The van der Waals surface area contributed by atoms with Gasteiger partial charge in [0.05, 0.1) is 18.2 Å². The van der Waals surface area contributed by atoms with Crippen LogP contribution < -0.4 is 14.4 Å². The van der Waals surface area contributed by atoms with Crippen LogP contribution in [0.2, 0.25) is 0 Å². The van der Waals surface area contributed by atoms with Crippen LogP contribution in [0, 0.1) is 5.92 Å². The number of nitrogens with zero attached hydrogens (tertiary/aromatic N) is 2. The van der Waals surface area contributed by atoms with E-state index in [9.17, 15) is 13.2 Å². The van der Waals surface area contributed by atoms with Crippen molar-refractivity contribution in [2.45, 2.75) is 64.8 Å². The van der Waals surface area contributed by atoms with Crippen LogP contribution in [0.1, 0.15) is 58.8 Å². The number of hydrogen-bond acceptors (Lipinski definition) is 4. The Hall–Kier alpha value is -1.80. The Morgan fingerprint density at radius 1 is 1.10 bits per heavy atom. The van der Waals surface area contributed by atoms with Crippen molar-refractivity contribution in [2.75, 3.05) is 30.5 Å². The first kappa shape index (κ1) is 22.9. The van der Waals surface area contributed by atoms with E-state index >= 15 is 0 Å². The predicted octanol–water partition coefficient (Wildman–Crippen LogP) is 3.32. The summed E-state index contributed by atoms with van der Waals surface area (Å²) in [4.78, 5) is 12.8. The standard InChI is InChI=1S/C22H35N3O4S/c1-3-25(20-12-14-21(15-13-20)29-4-2)30(27,28)24-16-8-9-18(17-24)22(26)23-19-10-6-5-7-11-19/h12-15,18-19H,3-11,16-17H2,1-2H3,(H,23,26)/t18-/m1/s1. The Balaban J connectivity index is 1.68. The van der Waals surface area contributed by atoms with E-state index in [2.05, 4.69) is 5.32 Å². The van der Waals surface area contributed by atoms with Crippen molar-refractivity contribution < 1.29 is 17.9 Å². The molecule has 1 heterocycles. The Bertz CT molecular complexity index is 791. The molecule has 0 radical (unpaired) electrons. The van der Waals surface area contributed by atoms with Crippen molar-refractivity contribution in [1.82, 2.24) is 9.62 Å². The maximum atomic E-state index is 13.4. The van der Waals surface area contributed by atoms with Gasteiger partial charge in [0, 0.05) is 25.7 Å². The lowest BCUT2D eigenvalue weighted by Gasteiger charge is -2.36. The first-order chi connectivity index (χ1) is 14.5. The van der Waals surface area contributed by atoms with E-state index in [-0.39, 0.29) is 24.4 Å². The van der Waals surface area contributed by atoms with Crippen molar-refractivity contribution in [3.8, 4) is 5.75 Å². The van der Waals surface area contributed by atoms with Crippen LogP contribution in [0.4, 0.5) is 5.69 Å². The summed E-state index contributed by atoms with van der Waals surface area (Å²) >= 11 is 0. The molecule has 7 nitrogen and oxygen atoms in total. The third kappa shape index (κ3) is 5.46. The van der Waals surface area contributed by atoms with E-state index in [0.717, 1.165) is 32.1 Å². The lowest BCUT2D eigenvalue weighted by molar-refractivity contribution is -0.127. The summed E-state index contributed by atoms with van der Waals surface area (Å²) in [5, 5.41) is 3.17. The summed E-state index contributed by atoms with van der Waals surface area (Å²) in [6, 6.07) is 7.35. The second kappa shape index (κ2) is 10.5. The maximum Gasteiger partial charge on any atom is 0.304 e. The molecule has 2 fully saturated rings. The van der Waals surface area contributed by atoms with Gasteiger partial charge in [-0.3, -0.25) is 9.10 Å². The van der Waals surface area contributed by atoms with E-state index in [1.165, 1.54) is 15.0 Å². The fourth-order valence-corrected chi connectivity index (χ4v) is 6.15. The molecule has 3 rings (SSSR count). The summed E-state index contributed by atoms with van der Waals surface area (Å²) in [6.45, 7) is 5.32. The molecular formula is C22H35N3O4S. The third-order valence-electron chi connectivity index (χ3n) is 6.03. The zero-order chi connectivity index (χ0) is 21.6. The molecule has 1 aliphatic carbocycles. The van der Waals surface area contributed by atoms with E-state index < -0.39 is 10.2 Å². The average Bonchev–Trinajstić information content (AvgIpc) is 2.76. The molecule has 1 amide bonds. The maximum absolute atomic E-state index is 13.4. The number of benzene rings is 1. The molecule has 0 bridgehead atoms. The number of carbonyl (C=O) groups is 1. The molecule has 1 aromatic rings. The molecule has 0 aromatic heterocycles. The second-order valence-electron chi connectivity index (χ2n) is 8.14. The van der Waals surface area contributed by atoms with Crippen molar-refractivity contribution in [1.29, 1.82) is 0 Å². The van der Waals surface area contributed by atoms with Crippen molar-refractivity contribution in [3.63, 3.8) is 0 Å². The largest absolute Gasteiger partial charge is 0.494 e. The molecule has 1 atom stereocenters. The zero-order valence-corrected chi connectivity index (χ0v) is 19.0. The van der Waals surface area contributed by atoms with Gasteiger partial charge in [-0.2, -0.15) is 12.7 Å². The monoisotopic (exact) mass is 437 g/mol. The molecule has 1 saturated heterocycles. The zero-order valence-electron chi connectivity index (χ0n) is 18.2. The summed E-state index contributed by atoms with van der Waals surface area (Å²) in [5.41, 5.74) is 0.606. The van der Waals surface area contributed by atoms with E-state index in [4.69, 9.17) is 4.74 Å². The fraction of sp³-hybridized carbons (Fsp3) is 0.682. The first-order valence-electron chi connectivity index (χ1n) is 11.3. The molecule has 1 aliphatic heterocycles. The second-order valence-corrected chi connectivity index (χ2v) is 9.99. The smallest absolute Gasteiger partial charge is 0.304 e. The SMILES string of the molecule is CCOc1ccc(N(CC)S(=O)(=O)N2CCC[C@@H](C(=O)NC3CCCCC3)C2)cc1. The van der Waals surface area contributed by atoms with Gasteiger partial charge in [-0.05, 0) is 63.8 Å². The molecule has 168 valence electrons. The highest BCUT2D eigenvalue weighted by atomic mass is 32.2. The first-order valence-corrected chi connectivity index (χ1v) is 12.7. The van der Waals surface area contributed by atoms with Gasteiger partial charge in [0.15, 0.2) is 0 Å². The summed E-state index contributed by atoms with van der Waals surface area (Å²) in [6.07, 6.45) is 7.04. The molecular weight excluding hydrogens is 402 g/mol.